The smallest absolute Gasteiger partial charge is 0.310 e. The molecule has 0 aliphatic carbocycles. The van der Waals surface area contributed by atoms with Gasteiger partial charge < -0.3 is 9.64 Å². The number of carbonyl (C=O) groups is 2. The van der Waals surface area contributed by atoms with Crippen LogP contribution in [0, 0.1) is 17.2 Å². The number of amides is 1. The number of nitrogens with zero attached hydrogens (tertiary/aromatic N) is 2. The van der Waals surface area contributed by atoms with E-state index in [1.165, 1.54) is 7.11 Å². The lowest BCUT2D eigenvalue weighted by Crippen LogP contribution is -2.43. The molecule has 1 aromatic rings. The van der Waals surface area contributed by atoms with Gasteiger partial charge in [0.2, 0.25) is 0 Å². The van der Waals surface area contributed by atoms with Gasteiger partial charge in [0.05, 0.1) is 13.0 Å². The normalized spacial score (nSPS) is 18.5. The molecule has 0 aromatic heterocycles. The lowest BCUT2D eigenvalue weighted by Gasteiger charge is -2.31. The first-order chi connectivity index (χ1) is 10.7. The molecule has 0 radical (unpaired) electrons. The molecule has 2 rings (SSSR count). The Kier molecular flexibility index (Phi) is 5.31. The second-order valence-electron chi connectivity index (χ2n) is 5.19. The van der Waals surface area contributed by atoms with Crippen LogP contribution in [0.4, 0.5) is 0 Å². The third-order valence-corrected chi connectivity index (χ3v) is 3.70. The van der Waals surface area contributed by atoms with Gasteiger partial charge in [-0.05, 0) is 24.5 Å². The monoisotopic (exact) mass is 298 g/mol. The van der Waals surface area contributed by atoms with Gasteiger partial charge in [0.25, 0.3) is 5.91 Å². The van der Waals surface area contributed by atoms with Crippen LogP contribution in [0.2, 0.25) is 0 Å². The number of esters is 1. The van der Waals surface area contributed by atoms with Crippen molar-refractivity contribution in [2.24, 2.45) is 5.92 Å². The largest absolute Gasteiger partial charge is 0.469 e. The third-order valence-electron chi connectivity index (χ3n) is 3.70. The predicted molar refractivity (Wildman–Crippen MR) is 81.4 cm³/mol. The zero-order valence-corrected chi connectivity index (χ0v) is 12.5. The van der Waals surface area contributed by atoms with Gasteiger partial charge in [-0.15, -0.1) is 0 Å². The van der Waals surface area contributed by atoms with Gasteiger partial charge in [-0.25, -0.2) is 0 Å². The molecule has 1 aromatic carbocycles. The fourth-order valence-electron chi connectivity index (χ4n) is 2.55. The summed E-state index contributed by atoms with van der Waals surface area (Å²) >= 11 is 0. The number of ether oxygens (including phenoxy) is 1. The van der Waals surface area contributed by atoms with Crippen LogP contribution in [0.5, 0.6) is 0 Å². The minimum Gasteiger partial charge on any atom is -0.469 e. The van der Waals surface area contributed by atoms with Crippen LogP contribution in [0.15, 0.2) is 35.9 Å². The van der Waals surface area contributed by atoms with E-state index < -0.39 is 0 Å². The summed E-state index contributed by atoms with van der Waals surface area (Å²) in [6.07, 6.45) is 3.01. The van der Waals surface area contributed by atoms with Crippen LogP contribution >= 0.6 is 0 Å². The molecule has 0 saturated carbocycles. The second kappa shape index (κ2) is 7.41. The Labute approximate surface area is 129 Å². The molecule has 1 amide bonds. The fourth-order valence-corrected chi connectivity index (χ4v) is 2.55. The molecular weight excluding hydrogens is 280 g/mol. The van der Waals surface area contributed by atoms with Crippen LogP contribution in [0.3, 0.4) is 0 Å². The van der Waals surface area contributed by atoms with E-state index in [4.69, 9.17) is 4.74 Å². The van der Waals surface area contributed by atoms with Crippen molar-refractivity contribution < 1.29 is 14.3 Å². The minimum atomic E-state index is -0.333. The molecule has 1 fully saturated rings. The summed E-state index contributed by atoms with van der Waals surface area (Å²) in [4.78, 5) is 25.7. The molecule has 0 N–H and O–H groups in total. The first-order valence-electron chi connectivity index (χ1n) is 7.19. The Morgan fingerprint density at radius 2 is 2.09 bits per heavy atom. The average Bonchev–Trinajstić information content (AvgIpc) is 2.59. The molecule has 0 bridgehead atoms. The molecule has 1 unspecified atom stereocenters. The average molecular weight is 298 g/mol. The minimum absolute atomic E-state index is 0.0803. The van der Waals surface area contributed by atoms with Crippen molar-refractivity contribution in [1.29, 1.82) is 5.26 Å². The molecular formula is C17H18N2O3. The van der Waals surface area contributed by atoms with Crippen molar-refractivity contribution in [3.8, 4) is 6.07 Å². The molecule has 5 heteroatoms. The van der Waals surface area contributed by atoms with E-state index in [-0.39, 0.29) is 23.4 Å². The number of likely N-dealkylation sites (tertiary alicyclic amines) is 1. The van der Waals surface area contributed by atoms with E-state index in [9.17, 15) is 14.9 Å². The first-order valence-corrected chi connectivity index (χ1v) is 7.19. The van der Waals surface area contributed by atoms with Crippen LogP contribution < -0.4 is 0 Å². The van der Waals surface area contributed by atoms with E-state index in [2.05, 4.69) is 0 Å². The number of nitriles is 1. The fraction of sp³-hybridized carbons (Fsp3) is 0.353. The van der Waals surface area contributed by atoms with E-state index in [1.54, 1.807) is 11.0 Å². The Hall–Kier alpha value is -2.61. The van der Waals surface area contributed by atoms with E-state index in [0.717, 1.165) is 12.0 Å². The second-order valence-corrected chi connectivity index (χ2v) is 5.19. The van der Waals surface area contributed by atoms with Crippen molar-refractivity contribution >= 4 is 18.0 Å². The number of benzene rings is 1. The summed E-state index contributed by atoms with van der Waals surface area (Å²) in [5.41, 5.74) is 0.880. The number of piperidine rings is 1. The van der Waals surface area contributed by atoms with Gasteiger partial charge in [-0.2, -0.15) is 5.26 Å². The lowest BCUT2D eigenvalue weighted by atomic mass is 9.97. The van der Waals surface area contributed by atoms with Crippen molar-refractivity contribution in [1.82, 2.24) is 4.90 Å². The highest BCUT2D eigenvalue weighted by Gasteiger charge is 2.30. The summed E-state index contributed by atoms with van der Waals surface area (Å²) in [5, 5.41) is 9.25. The maximum atomic E-state index is 12.5. The maximum Gasteiger partial charge on any atom is 0.310 e. The standard InChI is InChI=1S/C17H18N2O3/c1-22-17(21)14-8-5-9-19(12-14)16(20)15(11-18)10-13-6-3-2-4-7-13/h2-4,6-7,10,14H,5,8-9,12H2,1H3/b15-10+. The number of carbonyl (C=O) groups excluding carboxylic acids is 2. The van der Waals surface area contributed by atoms with E-state index >= 15 is 0 Å². The molecule has 1 atom stereocenters. The van der Waals surface area contributed by atoms with Crippen LogP contribution in [0.25, 0.3) is 6.08 Å². The van der Waals surface area contributed by atoms with Crippen LogP contribution in [0.1, 0.15) is 18.4 Å². The zero-order chi connectivity index (χ0) is 15.9. The van der Waals surface area contributed by atoms with Crippen LogP contribution in [-0.2, 0) is 14.3 Å². The van der Waals surface area contributed by atoms with Gasteiger partial charge in [-0.3, -0.25) is 9.59 Å². The van der Waals surface area contributed by atoms with E-state index in [1.807, 2.05) is 36.4 Å². The highest BCUT2D eigenvalue weighted by molar-refractivity contribution is 6.01. The molecule has 1 aliphatic heterocycles. The van der Waals surface area contributed by atoms with Gasteiger partial charge in [-0.1, -0.05) is 30.3 Å². The summed E-state index contributed by atoms with van der Waals surface area (Å²) in [5.74, 6) is -0.942. The van der Waals surface area contributed by atoms with Gasteiger partial charge in [0, 0.05) is 13.1 Å². The summed E-state index contributed by atoms with van der Waals surface area (Å²) in [6, 6.07) is 11.2. The van der Waals surface area contributed by atoms with E-state index in [0.29, 0.717) is 19.5 Å². The number of hydrogen-bond acceptors (Lipinski definition) is 4. The molecule has 114 valence electrons. The molecule has 1 heterocycles. The first kappa shape index (κ1) is 15.8. The lowest BCUT2D eigenvalue weighted by molar-refractivity contribution is -0.148. The molecule has 22 heavy (non-hydrogen) atoms. The summed E-state index contributed by atoms with van der Waals surface area (Å²) in [6.45, 7) is 0.861. The van der Waals surface area contributed by atoms with Crippen molar-refractivity contribution in [2.45, 2.75) is 12.8 Å². The van der Waals surface area contributed by atoms with Crippen molar-refractivity contribution in [3.63, 3.8) is 0 Å². The number of methoxy groups -OCH3 is 1. The Morgan fingerprint density at radius 3 is 2.73 bits per heavy atom. The highest BCUT2D eigenvalue weighted by atomic mass is 16.5. The number of rotatable bonds is 3. The quantitative estimate of drug-likeness (QED) is 0.486. The molecule has 5 nitrogen and oxygen atoms in total. The van der Waals surface area contributed by atoms with Crippen molar-refractivity contribution in [2.75, 3.05) is 20.2 Å². The summed E-state index contributed by atoms with van der Waals surface area (Å²) in [7, 11) is 1.35. The predicted octanol–water partition coefficient (Wildman–Crippen LogP) is 2.01. The number of hydrogen-bond donors (Lipinski definition) is 0. The maximum absolute atomic E-state index is 12.5. The Balaban J connectivity index is 2.13. The highest BCUT2D eigenvalue weighted by Crippen LogP contribution is 2.20. The Morgan fingerprint density at radius 1 is 1.36 bits per heavy atom. The zero-order valence-electron chi connectivity index (χ0n) is 12.5. The summed E-state index contributed by atoms with van der Waals surface area (Å²) < 4.78 is 4.74. The molecule has 0 spiro atoms. The SMILES string of the molecule is COC(=O)C1CCCN(C(=O)/C(C#N)=C/c2ccccc2)C1. The Bertz CT molecular complexity index is 617. The van der Waals surface area contributed by atoms with Gasteiger partial charge in [0.1, 0.15) is 11.6 Å². The van der Waals surface area contributed by atoms with Gasteiger partial charge in [0.15, 0.2) is 0 Å². The van der Waals surface area contributed by atoms with Gasteiger partial charge >= 0.3 is 5.97 Å². The molecule has 1 saturated heterocycles. The topological polar surface area (TPSA) is 70.4 Å². The van der Waals surface area contributed by atoms with Crippen molar-refractivity contribution in [3.05, 3.63) is 41.5 Å². The van der Waals surface area contributed by atoms with Crippen LogP contribution in [-0.4, -0.2) is 37.0 Å². The molecule has 1 aliphatic rings. The third kappa shape index (κ3) is 3.73.